The normalized spacial score (nSPS) is 18.2. The van der Waals surface area contributed by atoms with Gasteiger partial charge in [0.25, 0.3) is 5.91 Å². The number of morpholine rings is 2. The number of hydrogen-bond donors (Lipinski definition) is 1. The van der Waals surface area contributed by atoms with Gasteiger partial charge in [0.05, 0.1) is 37.7 Å². The number of urea groups is 1. The topological polar surface area (TPSA) is 71.1 Å². The lowest BCUT2D eigenvalue weighted by Crippen LogP contribution is -2.44. The molecule has 136 valence electrons. The zero-order valence-electron chi connectivity index (χ0n) is 14.8. The molecule has 2 aliphatic heterocycles. The van der Waals surface area contributed by atoms with Crippen molar-refractivity contribution in [3.05, 3.63) is 28.8 Å². The molecule has 25 heavy (non-hydrogen) atoms. The summed E-state index contributed by atoms with van der Waals surface area (Å²) in [6.45, 7) is 8.39. The Morgan fingerprint density at radius 2 is 1.40 bits per heavy atom. The molecule has 7 heteroatoms. The number of rotatable bonds is 2. The molecule has 2 saturated heterocycles. The lowest BCUT2D eigenvalue weighted by molar-refractivity contribution is 0.0303. The van der Waals surface area contributed by atoms with Gasteiger partial charge in [0.15, 0.2) is 0 Å². The molecule has 0 saturated carbocycles. The molecule has 0 spiro atoms. The fourth-order valence-corrected chi connectivity index (χ4v) is 2.99. The molecule has 1 aromatic rings. The summed E-state index contributed by atoms with van der Waals surface area (Å²) in [6, 6.07) is 3.55. The Morgan fingerprint density at radius 3 is 2.00 bits per heavy atom. The number of carbonyl (C=O) groups excluding carboxylic acids is 2. The average molecular weight is 347 g/mol. The summed E-state index contributed by atoms with van der Waals surface area (Å²) in [5.74, 6) is -0.0660. The van der Waals surface area contributed by atoms with Gasteiger partial charge in [-0.25, -0.2) is 4.79 Å². The number of hydrogen-bond acceptors (Lipinski definition) is 4. The van der Waals surface area contributed by atoms with Gasteiger partial charge in [0.1, 0.15) is 0 Å². The van der Waals surface area contributed by atoms with Crippen molar-refractivity contribution in [1.29, 1.82) is 0 Å². The van der Waals surface area contributed by atoms with Crippen molar-refractivity contribution in [2.75, 3.05) is 57.9 Å². The van der Waals surface area contributed by atoms with Crippen LogP contribution in [0.1, 0.15) is 21.5 Å². The molecule has 0 bridgehead atoms. The van der Waals surface area contributed by atoms with Crippen molar-refractivity contribution < 1.29 is 19.1 Å². The number of amides is 3. The van der Waals surface area contributed by atoms with E-state index in [2.05, 4.69) is 5.32 Å². The maximum absolute atomic E-state index is 12.9. The summed E-state index contributed by atoms with van der Waals surface area (Å²) in [5, 5.41) is 2.92. The summed E-state index contributed by atoms with van der Waals surface area (Å²) >= 11 is 0. The zero-order valence-corrected chi connectivity index (χ0v) is 14.8. The number of carbonyl (C=O) groups is 2. The molecular formula is C18H25N3O4. The first-order valence-electron chi connectivity index (χ1n) is 8.68. The van der Waals surface area contributed by atoms with Gasteiger partial charge in [-0.15, -0.1) is 0 Å². The average Bonchev–Trinajstić information content (AvgIpc) is 2.65. The third kappa shape index (κ3) is 4.11. The molecule has 0 atom stereocenters. The fourth-order valence-electron chi connectivity index (χ4n) is 2.99. The van der Waals surface area contributed by atoms with Gasteiger partial charge in [-0.2, -0.15) is 0 Å². The second-order valence-electron chi connectivity index (χ2n) is 6.42. The van der Waals surface area contributed by atoms with E-state index in [1.165, 1.54) is 0 Å². The van der Waals surface area contributed by atoms with Crippen LogP contribution in [0, 0.1) is 13.8 Å². The van der Waals surface area contributed by atoms with Crippen LogP contribution in [-0.2, 0) is 9.47 Å². The maximum Gasteiger partial charge on any atom is 0.322 e. The van der Waals surface area contributed by atoms with E-state index in [1.54, 1.807) is 9.80 Å². The maximum atomic E-state index is 12.9. The Kier molecular flexibility index (Phi) is 5.55. The smallest absolute Gasteiger partial charge is 0.322 e. The van der Waals surface area contributed by atoms with Gasteiger partial charge in [-0.1, -0.05) is 0 Å². The summed E-state index contributed by atoms with van der Waals surface area (Å²) in [5.41, 5.74) is 3.17. The Morgan fingerprint density at radius 1 is 0.880 bits per heavy atom. The van der Waals surface area contributed by atoms with Gasteiger partial charge in [-0.3, -0.25) is 4.79 Å². The van der Waals surface area contributed by atoms with Crippen LogP contribution in [0.15, 0.2) is 12.1 Å². The van der Waals surface area contributed by atoms with E-state index >= 15 is 0 Å². The van der Waals surface area contributed by atoms with Gasteiger partial charge >= 0.3 is 6.03 Å². The molecule has 0 aliphatic carbocycles. The number of nitrogens with zero attached hydrogens (tertiary/aromatic N) is 2. The number of nitrogens with one attached hydrogen (secondary N) is 1. The molecule has 2 aliphatic rings. The van der Waals surface area contributed by atoms with Crippen LogP contribution in [0.25, 0.3) is 0 Å². The molecule has 0 radical (unpaired) electrons. The van der Waals surface area contributed by atoms with Crippen molar-refractivity contribution in [2.45, 2.75) is 13.8 Å². The SMILES string of the molecule is Cc1cc(NC(=O)N2CCOCC2)c(C(=O)N2CCOCC2)cc1C. The lowest BCUT2D eigenvalue weighted by atomic mass is 10.0. The first-order valence-corrected chi connectivity index (χ1v) is 8.68. The van der Waals surface area contributed by atoms with Crippen molar-refractivity contribution in [3.8, 4) is 0 Å². The molecule has 2 heterocycles. The quantitative estimate of drug-likeness (QED) is 0.883. The third-order valence-corrected chi connectivity index (χ3v) is 4.70. The first-order chi connectivity index (χ1) is 12.1. The highest BCUT2D eigenvalue weighted by Crippen LogP contribution is 2.23. The third-order valence-electron chi connectivity index (χ3n) is 4.70. The van der Waals surface area contributed by atoms with E-state index in [0.29, 0.717) is 63.9 Å². The van der Waals surface area contributed by atoms with Crippen LogP contribution in [0.3, 0.4) is 0 Å². The lowest BCUT2D eigenvalue weighted by Gasteiger charge is -2.29. The number of benzene rings is 1. The number of anilines is 1. The van der Waals surface area contributed by atoms with E-state index in [1.807, 2.05) is 26.0 Å². The molecule has 3 rings (SSSR count). The van der Waals surface area contributed by atoms with Crippen LogP contribution < -0.4 is 5.32 Å². The number of aryl methyl sites for hydroxylation is 2. The minimum Gasteiger partial charge on any atom is -0.378 e. The number of ether oxygens (including phenoxy) is 2. The van der Waals surface area contributed by atoms with E-state index < -0.39 is 0 Å². The highest BCUT2D eigenvalue weighted by atomic mass is 16.5. The van der Waals surface area contributed by atoms with Gasteiger partial charge in [0.2, 0.25) is 0 Å². The molecule has 0 aromatic heterocycles. The molecule has 1 N–H and O–H groups in total. The van der Waals surface area contributed by atoms with Crippen LogP contribution in [0.4, 0.5) is 10.5 Å². The van der Waals surface area contributed by atoms with Crippen molar-refractivity contribution in [3.63, 3.8) is 0 Å². The molecule has 7 nitrogen and oxygen atoms in total. The second kappa shape index (κ2) is 7.84. The van der Waals surface area contributed by atoms with E-state index in [0.717, 1.165) is 11.1 Å². The van der Waals surface area contributed by atoms with Crippen LogP contribution >= 0.6 is 0 Å². The largest absolute Gasteiger partial charge is 0.378 e. The van der Waals surface area contributed by atoms with E-state index in [4.69, 9.17) is 9.47 Å². The van der Waals surface area contributed by atoms with Crippen molar-refractivity contribution in [2.24, 2.45) is 0 Å². The minimum atomic E-state index is -0.192. The Balaban J connectivity index is 1.82. The van der Waals surface area contributed by atoms with Gasteiger partial charge in [0, 0.05) is 26.2 Å². The van der Waals surface area contributed by atoms with Crippen molar-refractivity contribution in [1.82, 2.24) is 9.80 Å². The monoisotopic (exact) mass is 347 g/mol. The van der Waals surface area contributed by atoms with Gasteiger partial charge < -0.3 is 24.6 Å². The molecule has 1 aromatic carbocycles. The van der Waals surface area contributed by atoms with Crippen LogP contribution in [-0.4, -0.2) is 74.3 Å². The zero-order chi connectivity index (χ0) is 17.8. The summed E-state index contributed by atoms with van der Waals surface area (Å²) in [6.07, 6.45) is 0. The second-order valence-corrected chi connectivity index (χ2v) is 6.42. The van der Waals surface area contributed by atoms with Crippen molar-refractivity contribution >= 4 is 17.6 Å². The highest BCUT2D eigenvalue weighted by molar-refractivity contribution is 6.03. The molecule has 2 fully saturated rings. The molecule has 0 unspecified atom stereocenters. The van der Waals surface area contributed by atoms with Crippen LogP contribution in [0.5, 0.6) is 0 Å². The summed E-state index contributed by atoms with van der Waals surface area (Å²) in [7, 11) is 0. The minimum absolute atomic E-state index is 0.0660. The predicted octanol–water partition coefficient (Wildman–Crippen LogP) is 1.64. The summed E-state index contributed by atoms with van der Waals surface area (Å²) < 4.78 is 10.6. The molecule has 3 amide bonds. The Bertz CT molecular complexity index is 650. The van der Waals surface area contributed by atoms with Crippen LogP contribution in [0.2, 0.25) is 0 Å². The fraction of sp³-hybridized carbons (Fsp3) is 0.556. The standard InChI is InChI=1S/C18H25N3O4/c1-13-11-15(17(22)20-3-7-24-8-4-20)16(12-14(13)2)19-18(23)21-5-9-25-10-6-21/h11-12H,3-10H2,1-2H3,(H,19,23). The van der Waals surface area contributed by atoms with E-state index in [9.17, 15) is 9.59 Å². The van der Waals surface area contributed by atoms with Gasteiger partial charge in [-0.05, 0) is 37.1 Å². The molecular weight excluding hydrogens is 322 g/mol. The Hall–Kier alpha value is -2.12. The van der Waals surface area contributed by atoms with E-state index in [-0.39, 0.29) is 11.9 Å². The predicted molar refractivity (Wildman–Crippen MR) is 94.0 cm³/mol. The first kappa shape index (κ1) is 17.7. The highest BCUT2D eigenvalue weighted by Gasteiger charge is 2.24. The summed E-state index contributed by atoms with van der Waals surface area (Å²) in [4.78, 5) is 28.9. The Labute approximate surface area is 147 Å².